The molecule has 0 radical (unpaired) electrons. The molecule has 0 amide bonds. The molecule has 0 saturated carbocycles. The summed E-state index contributed by atoms with van der Waals surface area (Å²) in [5.41, 5.74) is 4.64. The van der Waals surface area contributed by atoms with Gasteiger partial charge in [-0.25, -0.2) is 4.42 Å². The highest BCUT2D eigenvalue weighted by Crippen LogP contribution is 2.31. The molecular formula is C19H18BF4NO. The minimum absolute atomic E-state index is 0.928. The van der Waals surface area contributed by atoms with Crippen molar-refractivity contribution in [1.82, 2.24) is 0 Å². The zero-order valence-corrected chi connectivity index (χ0v) is 14.3. The van der Waals surface area contributed by atoms with Crippen LogP contribution in [0.5, 0.6) is 0 Å². The Bertz CT molecular complexity index is 889. The lowest BCUT2D eigenvalue weighted by molar-refractivity contribution is 0.368. The van der Waals surface area contributed by atoms with Crippen molar-refractivity contribution >= 4 is 23.9 Å². The highest BCUT2D eigenvalue weighted by Gasteiger charge is 2.21. The molecule has 2 nitrogen and oxygen atoms in total. The smallest absolute Gasteiger partial charge is 0.418 e. The maximum atomic E-state index is 9.75. The molecule has 2 heterocycles. The van der Waals surface area contributed by atoms with Crippen molar-refractivity contribution < 1.29 is 21.7 Å². The predicted octanol–water partition coefficient (Wildman–Crippen LogP) is 6.20. The Morgan fingerprint density at radius 2 is 1.58 bits per heavy atom. The molecule has 0 bridgehead atoms. The van der Waals surface area contributed by atoms with Gasteiger partial charge in [-0.05, 0) is 43.2 Å². The molecule has 7 heteroatoms. The van der Waals surface area contributed by atoms with E-state index in [4.69, 9.17) is 4.42 Å². The number of hydrogen-bond donors (Lipinski definition) is 0. The van der Waals surface area contributed by atoms with Crippen LogP contribution in [0.2, 0.25) is 0 Å². The van der Waals surface area contributed by atoms with Crippen LogP contribution in [0, 0.1) is 6.92 Å². The van der Waals surface area contributed by atoms with Crippen molar-refractivity contribution in [2.75, 3.05) is 18.0 Å². The molecule has 0 atom stereocenters. The molecule has 4 rings (SSSR count). The summed E-state index contributed by atoms with van der Waals surface area (Å²) in [5.74, 6) is 0.928. The highest BCUT2D eigenvalue weighted by atomic mass is 19.5. The predicted molar refractivity (Wildman–Crippen MR) is 97.8 cm³/mol. The van der Waals surface area contributed by atoms with E-state index >= 15 is 0 Å². The van der Waals surface area contributed by atoms with Crippen molar-refractivity contribution in [2.24, 2.45) is 0 Å². The van der Waals surface area contributed by atoms with Crippen LogP contribution in [-0.2, 0) is 0 Å². The van der Waals surface area contributed by atoms with E-state index in [0.717, 1.165) is 16.9 Å². The van der Waals surface area contributed by atoms with Gasteiger partial charge >= 0.3 is 18.6 Å². The molecule has 1 aliphatic rings. The Labute approximate surface area is 149 Å². The maximum Gasteiger partial charge on any atom is 0.673 e. The lowest BCUT2D eigenvalue weighted by Gasteiger charge is -2.33. The Balaban J connectivity index is 0.000000349. The first-order valence-corrected chi connectivity index (χ1v) is 8.36. The second-order valence-corrected chi connectivity index (χ2v) is 6.18. The molecule has 0 aliphatic carbocycles. The fraction of sp³-hybridized carbons (Fsp3) is 0.211. The fourth-order valence-electron chi connectivity index (χ4n) is 2.85. The van der Waals surface area contributed by atoms with Crippen molar-refractivity contribution in [3.63, 3.8) is 0 Å². The molecule has 3 aromatic rings. The maximum absolute atomic E-state index is 9.75. The third-order valence-electron chi connectivity index (χ3n) is 4.24. The van der Waals surface area contributed by atoms with Gasteiger partial charge in [0.15, 0.2) is 0 Å². The average molecular weight is 363 g/mol. The topological polar surface area (TPSA) is 14.5 Å². The van der Waals surface area contributed by atoms with Gasteiger partial charge in [0.25, 0.3) is 0 Å². The number of aryl methyl sites for hydroxylation is 1. The van der Waals surface area contributed by atoms with Gasteiger partial charge in [0.05, 0.1) is 10.9 Å². The molecule has 2 aromatic carbocycles. The standard InChI is InChI=1S/C19H18NO.BF4/c1-14-12-19(15-6-3-2-4-7-15)21-18-9-8-16(13-17(14)18)20-10-5-11-20;2-1(3,4)5/h2-4,6-9,12-13H,5,10-11H2,1H3;/q+1;-1. The van der Waals surface area contributed by atoms with Crippen LogP contribution >= 0.6 is 0 Å². The molecule has 1 aromatic heterocycles. The molecule has 1 fully saturated rings. The van der Waals surface area contributed by atoms with Gasteiger partial charge in [-0.15, -0.1) is 0 Å². The second kappa shape index (κ2) is 7.36. The summed E-state index contributed by atoms with van der Waals surface area (Å²) in [6.07, 6.45) is 1.30. The van der Waals surface area contributed by atoms with Gasteiger partial charge < -0.3 is 22.2 Å². The van der Waals surface area contributed by atoms with E-state index in [2.05, 4.69) is 48.2 Å². The summed E-state index contributed by atoms with van der Waals surface area (Å²) in [7, 11) is -6.00. The number of halogens is 4. The normalized spacial score (nSPS) is 13.8. The molecule has 26 heavy (non-hydrogen) atoms. The van der Waals surface area contributed by atoms with Crippen LogP contribution in [0.25, 0.3) is 22.3 Å². The van der Waals surface area contributed by atoms with Gasteiger partial charge in [0, 0.05) is 30.9 Å². The zero-order chi connectivity index (χ0) is 18.7. The largest absolute Gasteiger partial charge is 0.673 e. The summed E-state index contributed by atoms with van der Waals surface area (Å²) in [4.78, 5) is 2.41. The van der Waals surface area contributed by atoms with Crippen LogP contribution in [0.3, 0.4) is 0 Å². The Morgan fingerprint density at radius 3 is 2.15 bits per heavy atom. The third kappa shape index (κ3) is 4.53. The van der Waals surface area contributed by atoms with Crippen LogP contribution in [-0.4, -0.2) is 20.3 Å². The number of benzene rings is 2. The lowest BCUT2D eigenvalue weighted by Crippen LogP contribution is -2.36. The average Bonchev–Trinajstić information content (AvgIpc) is 2.53. The highest BCUT2D eigenvalue weighted by molar-refractivity contribution is 6.50. The van der Waals surface area contributed by atoms with Gasteiger partial charge in [-0.2, -0.15) is 0 Å². The first kappa shape index (κ1) is 18.2. The number of fused-ring (bicyclic) bond motifs is 1. The minimum Gasteiger partial charge on any atom is -0.418 e. The molecule has 136 valence electrons. The van der Waals surface area contributed by atoms with E-state index in [-0.39, 0.29) is 0 Å². The van der Waals surface area contributed by atoms with Gasteiger partial charge in [-0.3, -0.25) is 0 Å². The first-order valence-electron chi connectivity index (χ1n) is 8.36. The summed E-state index contributed by atoms with van der Waals surface area (Å²) < 4.78 is 45.1. The Morgan fingerprint density at radius 1 is 0.923 bits per heavy atom. The van der Waals surface area contributed by atoms with E-state index < -0.39 is 7.25 Å². The van der Waals surface area contributed by atoms with E-state index in [0.29, 0.717) is 0 Å². The Hall–Kier alpha value is -2.57. The van der Waals surface area contributed by atoms with Gasteiger partial charge in [0.1, 0.15) is 0 Å². The summed E-state index contributed by atoms with van der Waals surface area (Å²) >= 11 is 0. The summed E-state index contributed by atoms with van der Waals surface area (Å²) in [5, 5.41) is 1.21. The Kier molecular flexibility index (Phi) is 5.16. The van der Waals surface area contributed by atoms with Crippen LogP contribution < -0.4 is 4.90 Å². The SMILES string of the molecule is Cc1cc(-c2ccccc2)[o+]c2ccc(N3CCC3)cc12.F[B-](F)(F)F. The minimum atomic E-state index is -6.00. The fourth-order valence-corrected chi connectivity index (χ4v) is 2.85. The number of rotatable bonds is 2. The monoisotopic (exact) mass is 363 g/mol. The first-order chi connectivity index (χ1) is 12.3. The second-order valence-electron chi connectivity index (χ2n) is 6.18. The quantitative estimate of drug-likeness (QED) is 0.306. The van der Waals surface area contributed by atoms with E-state index in [1.165, 1.54) is 36.1 Å². The number of hydrogen-bond acceptors (Lipinski definition) is 1. The zero-order valence-electron chi connectivity index (χ0n) is 14.3. The van der Waals surface area contributed by atoms with E-state index in [1.54, 1.807) is 0 Å². The van der Waals surface area contributed by atoms with Crippen LogP contribution in [0.4, 0.5) is 23.0 Å². The molecule has 0 N–H and O–H groups in total. The van der Waals surface area contributed by atoms with Crippen LogP contribution in [0.1, 0.15) is 12.0 Å². The summed E-state index contributed by atoms with van der Waals surface area (Å²) in [6.45, 7) is 4.50. The lowest BCUT2D eigenvalue weighted by atomic mass is 10.1. The molecule has 1 saturated heterocycles. The molecule has 0 spiro atoms. The van der Waals surface area contributed by atoms with Crippen molar-refractivity contribution in [2.45, 2.75) is 13.3 Å². The van der Waals surface area contributed by atoms with Crippen molar-refractivity contribution in [1.29, 1.82) is 0 Å². The van der Waals surface area contributed by atoms with Gasteiger partial charge in [0.2, 0.25) is 0 Å². The number of anilines is 1. The number of nitrogens with zero attached hydrogens (tertiary/aromatic N) is 1. The third-order valence-corrected chi connectivity index (χ3v) is 4.24. The van der Waals surface area contributed by atoms with Crippen molar-refractivity contribution in [3.8, 4) is 11.3 Å². The van der Waals surface area contributed by atoms with E-state index in [1.807, 2.05) is 18.2 Å². The van der Waals surface area contributed by atoms with Crippen molar-refractivity contribution in [3.05, 3.63) is 60.2 Å². The molecule has 0 unspecified atom stereocenters. The van der Waals surface area contributed by atoms with Crippen LogP contribution in [0.15, 0.2) is 59.0 Å². The van der Waals surface area contributed by atoms with E-state index in [9.17, 15) is 17.3 Å². The molecular weight excluding hydrogens is 345 g/mol. The summed E-state index contributed by atoms with van der Waals surface area (Å²) in [6, 6.07) is 18.9. The van der Waals surface area contributed by atoms with Gasteiger partial charge in [-0.1, -0.05) is 18.2 Å². The molecule has 1 aliphatic heterocycles.